The number of imidazole rings is 1. The zero-order valence-corrected chi connectivity index (χ0v) is 16.1. The van der Waals surface area contributed by atoms with E-state index in [9.17, 15) is 14.0 Å². The summed E-state index contributed by atoms with van der Waals surface area (Å²) in [6.07, 6.45) is 6.73. The fourth-order valence-corrected chi connectivity index (χ4v) is 3.47. The maximum atomic E-state index is 14.5. The first-order chi connectivity index (χ1) is 14.6. The van der Waals surface area contributed by atoms with Crippen molar-refractivity contribution in [2.45, 2.75) is 25.7 Å². The van der Waals surface area contributed by atoms with E-state index in [1.54, 1.807) is 17.2 Å². The molecule has 3 aromatic rings. The van der Waals surface area contributed by atoms with Gasteiger partial charge in [-0.1, -0.05) is 0 Å². The summed E-state index contributed by atoms with van der Waals surface area (Å²) >= 11 is 0. The Morgan fingerprint density at radius 3 is 2.70 bits per heavy atom. The molecule has 0 unspecified atom stereocenters. The van der Waals surface area contributed by atoms with Crippen LogP contribution >= 0.6 is 0 Å². The number of fused-ring (bicyclic) bond motifs is 1. The van der Waals surface area contributed by atoms with Crippen LogP contribution in [0.15, 0.2) is 30.6 Å². The zero-order chi connectivity index (χ0) is 20.7. The van der Waals surface area contributed by atoms with E-state index in [1.165, 1.54) is 22.8 Å². The van der Waals surface area contributed by atoms with E-state index in [1.807, 2.05) is 0 Å². The number of halogens is 1. The van der Waals surface area contributed by atoms with Gasteiger partial charge in [-0.3, -0.25) is 4.79 Å². The molecule has 5 rings (SSSR count). The van der Waals surface area contributed by atoms with Crippen molar-refractivity contribution in [1.29, 1.82) is 0 Å². The number of amides is 3. The topological polar surface area (TPSA) is 105 Å². The first-order valence-electron chi connectivity index (χ1n) is 9.96. The molecule has 2 aromatic heterocycles. The zero-order valence-electron chi connectivity index (χ0n) is 16.1. The number of nitrogens with zero attached hydrogens (tertiary/aromatic N) is 5. The third kappa shape index (κ3) is 3.68. The second-order valence-corrected chi connectivity index (χ2v) is 7.60. The summed E-state index contributed by atoms with van der Waals surface area (Å²) in [5, 5.41) is 9.82. The Balaban J connectivity index is 1.39. The molecule has 3 heterocycles. The normalized spacial score (nSPS) is 16.1. The van der Waals surface area contributed by atoms with Gasteiger partial charge in [0.2, 0.25) is 5.91 Å². The molecule has 2 fully saturated rings. The van der Waals surface area contributed by atoms with Crippen LogP contribution in [0.25, 0.3) is 17.0 Å². The van der Waals surface area contributed by atoms with Crippen LogP contribution in [-0.4, -0.2) is 49.5 Å². The van der Waals surface area contributed by atoms with Gasteiger partial charge >= 0.3 is 6.03 Å². The van der Waals surface area contributed by atoms with Crippen molar-refractivity contribution in [2.75, 3.05) is 23.7 Å². The van der Waals surface area contributed by atoms with Crippen LogP contribution in [0.4, 0.5) is 20.7 Å². The van der Waals surface area contributed by atoms with Crippen molar-refractivity contribution in [2.24, 2.45) is 5.92 Å². The fraction of sp³-hybridized carbons (Fsp3) is 0.350. The molecule has 1 aromatic carbocycles. The molecule has 0 bridgehead atoms. The van der Waals surface area contributed by atoms with E-state index in [4.69, 9.17) is 0 Å². The van der Waals surface area contributed by atoms with Crippen LogP contribution < -0.4 is 10.6 Å². The van der Waals surface area contributed by atoms with Gasteiger partial charge in [0.25, 0.3) is 5.78 Å². The smallest absolute Gasteiger partial charge is 0.321 e. The Labute approximate surface area is 171 Å². The number of anilines is 2. The second kappa shape index (κ2) is 7.36. The van der Waals surface area contributed by atoms with Crippen LogP contribution in [0.2, 0.25) is 0 Å². The van der Waals surface area contributed by atoms with Crippen molar-refractivity contribution in [3.05, 3.63) is 36.4 Å². The van der Waals surface area contributed by atoms with Crippen molar-refractivity contribution < 1.29 is 14.0 Å². The minimum Gasteiger partial charge on any atom is -0.325 e. The van der Waals surface area contributed by atoms with Gasteiger partial charge in [0.1, 0.15) is 5.82 Å². The number of benzene rings is 1. The summed E-state index contributed by atoms with van der Waals surface area (Å²) < 4.78 is 15.9. The number of likely N-dealkylation sites (tertiary alicyclic amines) is 1. The molecule has 2 aliphatic rings. The van der Waals surface area contributed by atoms with Gasteiger partial charge in [-0.25, -0.2) is 23.7 Å². The van der Waals surface area contributed by atoms with Crippen LogP contribution in [0.1, 0.15) is 25.7 Å². The van der Waals surface area contributed by atoms with E-state index in [2.05, 4.69) is 25.7 Å². The lowest BCUT2D eigenvalue weighted by molar-refractivity contribution is -0.117. The first kappa shape index (κ1) is 18.5. The SMILES string of the molecule is O=C(Nc1cnc2nc(-c3cc(NC(=O)N4CCCC4)ccc3F)cn2n1)C1CC1. The molecule has 10 heteroatoms. The number of carbonyl (C=O) groups is 2. The lowest BCUT2D eigenvalue weighted by atomic mass is 10.1. The van der Waals surface area contributed by atoms with E-state index in [0.717, 1.165) is 38.8 Å². The average molecular weight is 409 g/mol. The van der Waals surface area contributed by atoms with Gasteiger partial charge in [-0.15, -0.1) is 5.10 Å². The fourth-order valence-electron chi connectivity index (χ4n) is 3.47. The minimum absolute atomic E-state index is 0.0495. The number of hydrogen-bond donors (Lipinski definition) is 2. The monoisotopic (exact) mass is 409 g/mol. The molecule has 9 nitrogen and oxygen atoms in total. The molecular weight excluding hydrogens is 389 g/mol. The molecule has 1 aliphatic heterocycles. The molecule has 3 amide bonds. The Bertz CT molecular complexity index is 1140. The summed E-state index contributed by atoms with van der Waals surface area (Å²) in [4.78, 5) is 34.5. The molecule has 0 spiro atoms. The highest BCUT2D eigenvalue weighted by atomic mass is 19.1. The van der Waals surface area contributed by atoms with Crippen LogP contribution in [0.3, 0.4) is 0 Å². The van der Waals surface area contributed by atoms with Gasteiger partial charge in [-0.2, -0.15) is 0 Å². The quantitative estimate of drug-likeness (QED) is 0.689. The largest absolute Gasteiger partial charge is 0.325 e. The molecule has 1 saturated heterocycles. The Kier molecular flexibility index (Phi) is 4.53. The van der Waals surface area contributed by atoms with Gasteiger partial charge in [0, 0.05) is 30.3 Å². The lowest BCUT2D eigenvalue weighted by Crippen LogP contribution is -2.32. The van der Waals surface area contributed by atoms with E-state index in [0.29, 0.717) is 17.2 Å². The van der Waals surface area contributed by atoms with E-state index < -0.39 is 5.82 Å². The van der Waals surface area contributed by atoms with Crippen molar-refractivity contribution in [3.63, 3.8) is 0 Å². The third-order valence-corrected chi connectivity index (χ3v) is 5.27. The van der Waals surface area contributed by atoms with Crippen molar-refractivity contribution in [1.82, 2.24) is 24.5 Å². The number of aromatic nitrogens is 4. The lowest BCUT2D eigenvalue weighted by Gasteiger charge is -2.16. The van der Waals surface area contributed by atoms with Crippen LogP contribution in [0.5, 0.6) is 0 Å². The number of rotatable bonds is 4. The highest BCUT2D eigenvalue weighted by Gasteiger charge is 2.30. The number of urea groups is 1. The summed E-state index contributed by atoms with van der Waals surface area (Å²) in [5.41, 5.74) is 1.04. The predicted molar refractivity (Wildman–Crippen MR) is 107 cm³/mol. The Hall–Kier alpha value is -3.56. The van der Waals surface area contributed by atoms with Crippen molar-refractivity contribution >= 4 is 29.2 Å². The highest BCUT2D eigenvalue weighted by Crippen LogP contribution is 2.30. The summed E-state index contributed by atoms with van der Waals surface area (Å²) in [5.74, 6) is 0.0977. The highest BCUT2D eigenvalue weighted by molar-refractivity contribution is 5.93. The molecule has 2 N–H and O–H groups in total. The van der Waals surface area contributed by atoms with E-state index in [-0.39, 0.29) is 29.2 Å². The maximum absolute atomic E-state index is 14.5. The summed E-state index contributed by atoms with van der Waals surface area (Å²) in [7, 11) is 0. The third-order valence-electron chi connectivity index (χ3n) is 5.27. The molecule has 0 atom stereocenters. The predicted octanol–water partition coefficient (Wildman–Crippen LogP) is 2.91. The standard InChI is InChI=1S/C20H20FN7O2/c21-15-6-5-13(23-20(30)27-7-1-2-8-27)9-14(15)16-11-28-19(24-16)22-10-17(26-28)25-18(29)12-3-4-12/h5-6,9-12H,1-4,7-8H2,(H,23,30)(H,25,26,29). The maximum Gasteiger partial charge on any atom is 0.321 e. The average Bonchev–Trinajstić information content (AvgIpc) is 3.28. The summed E-state index contributed by atoms with van der Waals surface area (Å²) in [6.45, 7) is 1.45. The van der Waals surface area contributed by atoms with Crippen LogP contribution in [-0.2, 0) is 4.79 Å². The van der Waals surface area contributed by atoms with Gasteiger partial charge in [-0.05, 0) is 43.9 Å². The Morgan fingerprint density at radius 1 is 1.13 bits per heavy atom. The molecular formula is C20H20FN7O2. The van der Waals surface area contributed by atoms with Crippen molar-refractivity contribution in [3.8, 4) is 11.3 Å². The molecule has 1 aliphatic carbocycles. The molecule has 0 radical (unpaired) electrons. The van der Waals surface area contributed by atoms with Crippen LogP contribution in [0, 0.1) is 11.7 Å². The van der Waals surface area contributed by atoms with Gasteiger partial charge in [0.05, 0.1) is 18.1 Å². The first-order valence-corrected chi connectivity index (χ1v) is 9.96. The number of nitrogens with one attached hydrogen (secondary N) is 2. The molecule has 30 heavy (non-hydrogen) atoms. The molecule has 1 saturated carbocycles. The minimum atomic E-state index is -0.472. The summed E-state index contributed by atoms with van der Waals surface area (Å²) in [6, 6.07) is 4.16. The van der Waals surface area contributed by atoms with Gasteiger partial charge in [0.15, 0.2) is 5.82 Å². The second-order valence-electron chi connectivity index (χ2n) is 7.60. The number of hydrogen-bond acceptors (Lipinski definition) is 5. The number of carbonyl (C=O) groups excluding carboxylic acids is 2. The Morgan fingerprint density at radius 2 is 1.93 bits per heavy atom. The van der Waals surface area contributed by atoms with E-state index >= 15 is 0 Å². The molecule has 154 valence electrons. The van der Waals surface area contributed by atoms with Gasteiger partial charge < -0.3 is 15.5 Å².